The maximum Gasteiger partial charge on any atom is 0.338 e. The summed E-state index contributed by atoms with van der Waals surface area (Å²) in [5.74, 6) is -1.66. The number of hydrogen-bond acceptors (Lipinski definition) is 4. The van der Waals surface area contributed by atoms with Gasteiger partial charge in [0.05, 0.1) is 18.6 Å². The Morgan fingerprint density at radius 1 is 0.958 bits per heavy atom. The molecule has 1 atom stereocenters. The van der Waals surface area contributed by atoms with Crippen LogP contribution >= 0.6 is 0 Å². The number of methoxy groups -OCH3 is 1. The molecule has 4 nitrogen and oxygen atoms in total. The minimum Gasteiger partial charge on any atom is -0.465 e. The van der Waals surface area contributed by atoms with Crippen molar-refractivity contribution in [3.8, 4) is 0 Å². The number of ketones is 2. The van der Waals surface area contributed by atoms with E-state index in [2.05, 4.69) is 6.92 Å². The van der Waals surface area contributed by atoms with Gasteiger partial charge >= 0.3 is 5.97 Å². The number of esters is 1. The van der Waals surface area contributed by atoms with Crippen LogP contribution in [0.4, 0.5) is 0 Å². The van der Waals surface area contributed by atoms with E-state index in [1.54, 1.807) is 24.3 Å². The Kier molecular flexibility index (Phi) is 8.98. The van der Waals surface area contributed by atoms with Gasteiger partial charge in [-0.1, -0.05) is 63.6 Å². The molecule has 132 valence electrons. The van der Waals surface area contributed by atoms with Crippen molar-refractivity contribution < 1.29 is 19.1 Å². The molecule has 1 aromatic carbocycles. The molecular weight excluding hydrogens is 304 g/mol. The summed E-state index contributed by atoms with van der Waals surface area (Å²) >= 11 is 0. The summed E-state index contributed by atoms with van der Waals surface area (Å²) in [5, 5.41) is 0. The van der Waals surface area contributed by atoms with Gasteiger partial charge in [0.2, 0.25) is 0 Å². The van der Waals surface area contributed by atoms with Crippen LogP contribution in [0.2, 0.25) is 0 Å². The van der Waals surface area contributed by atoms with Crippen LogP contribution in [0.3, 0.4) is 0 Å². The lowest BCUT2D eigenvalue weighted by molar-refractivity contribution is -0.119. The van der Waals surface area contributed by atoms with Crippen LogP contribution in [0.25, 0.3) is 0 Å². The van der Waals surface area contributed by atoms with Gasteiger partial charge < -0.3 is 4.74 Å². The van der Waals surface area contributed by atoms with Gasteiger partial charge in [0.25, 0.3) is 0 Å². The van der Waals surface area contributed by atoms with Gasteiger partial charge in [0.1, 0.15) is 5.78 Å². The second-order valence-corrected chi connectivity index (χ2v) is 6.12. The van der Waals surface area contributed by atoms with E-state index >= 15 is 0 Å². The van der Waals surface area contributed by atoms with E-state index in [-0.39, 0.29) is 22.7 Å². The molecule has 0 spiro atoms. The van der Waals surface area contributed by atoms with Gasteiger partial charge in [0, 0.05) is 5.56 Å². The zero-order valence-electron chi connectivity index (χ0n) is 15.0. The third-order valence-corrected chi connectivity index (χ3v) is 4.25. The number of rotatable bonds is 11. The fourth-order valence-electron chi connectivity index (χ4n) is 2.82. The average molecular weight is 332 g/mol. The van der Waals surface area contributed by atoms with Crippen LogP contribution in [0.5, 0.6) is 0 Å². The molecule has 0 aromatic heterocycles. The van der Waals surface area contributed by atoms with E-state index in [1.807, 2.05) is 0 Å². The second kappa shape index (κ2) is 10.7. The molecule has 0 radical (unpaired) electrons. The normalized spacial score (nSPS) is 11.8. The predicted molar refractivity (Wildman–Crippen MR) is 94.3 cm³/mol. The van der Waals surface area contributed by atoms with Crippen LogP contribution in [-0.4, -0.2) is 24.6 Å². The Morgan fingerprint density at radius 2 is 1.54 bits per heavy atom. The molecule has 0 fully saturated rings. The summed E-state index contributed by atoms with van der Waals surface area (Å²) in [5.41, 5.74) is 0.495. The second-order valence-electron chi connectivity index (χ2n) is 6.12. The quantitative estimate of drug-likeness (QED) is 0.257. The molecule has 0 N–H and O–H groups in total. The Labute approximate surface area is 144 Å². The van der Waals surface area contributed by atoms with Crippen molar-refractivity contribution in [2.45, 2.75) is 58.8 Å². The summed E-state index contributed by atoms with van der Waals surface area (Å²) in [6.07, 6.45) is 7.15. The minimum absolute atomic E-state index is 0.145. The molecule has 0 saturated carbocycles. The Bertz CT molecular complexity index is 563. The van der Waals surface area contributed by atoms with E-state index in [4.69, 9.17) is 4.74 Å². The third kappa shape index (κ3) is 5.91. The van der Waals surface area contributed by atoms with Crippen LogP contribution in [-0.2, 0) is 9.53 Å². The zero-order chi connectivity index (χ0) is 17.9. The summed E-state index contributed by atoms with van der Waals surface area (Å²) < 4.78 is 4.73. The van der Waals surface area contributed by atoms with Crippen LogP contribution in [0.15, 0.2) is 24.3 Å². The van der Waals surface area contributed by atoms with Crippen LogP contribution < -0.4 is 0 Å². The van der Waals surface area contributed by atoms with Crippen molar-refractivity contribution in [2.75, 3.05) is 7.11 Å². The van der Waals surface area contributed by atoms with E-state index in [0.717, 1.165) is 19.3 Å². The first-order valence-electron chi connectivity index (χ1n) is 8.74. The molecule has 0 aliphatic carbocycles. The van der Waals surface area contributed by atoms with Crippen molar-refractivity contribution in [2.24, 2.45) is 5.92 Å². The number of benzene rings is 1. The Hall–Kier alpha value is -1.97. The van der Waals surface area contributed by atoms with Crippen molar-refractivity contribution in [3.05, 3.63) is 35.4 Å². The monoisotopic (exact) mass is 332 g/mol. The summed E-state index contributed by atoms with van der Waals surface area (Å²) in [7, 11) is 1.28. The highest BCUT2D eigenvalue weighted by atomic mass is 16.5. The molecule has 1 aromatic rings. The molecule has 0 bridgehead atoms. The van der Waals surface area contributed by atoms with Gasteiger partial charge in [-0.3, -0.25) is 9.59 Å². The highest BCUT2D eigenvalue weighted by Crippen LogP contribution is 2.21. The Balaban J connectivity index is 2.77. The standard InChI is InChI=1S/C20H28O4/c1-4-5-6-7-8-9-12-16(15(2)21)19(22)17-13-10-11-14-18(17)20(23)24-3/h10-11,13-14,16H,4-9,12H2,1-3H3. The topological polar surface area (TPSA) is 60.4 Å². The largest absolute Gasteiger partial charge is 0.465 e. The van der Waals surface area contributed by atoms with Gasteiger partial charge in [0.15, 0.2) is 5.78 Å². The molecule has 0 heterocycles. The maximum atomic E-state index is 12.8. The predicted octanol–water partition coefficient (Wildman–Crippen LogP) is 4.61. The molecule has 0 aliphatic rings. The van der Waals surface area contributed by atoms with Gasteiger partial charge in [-0.15, -0.1) is 0 Å². The lowest BCUT2D eigenvalue weighted by atomic mass is 9.87. The third-order valence-electron chi connectivity index (χ3n) is 4.25. The molecule has 0 amide bonds. The minimum atomic E-state index is -0.679. The number of carbonyl (C=O) groups excluding carboxylic acids is 3. The zero-order valence-corrected chi connectivity index (χ0v) is 15.0. The van der Waals surface area contributed by atoms with E-state index in [1.165, 1.54) is 33.3 Å². The fourth-order valence-corrected chi connectivity index (χ4v) is 2.82. The molecule has 1 unspecified atom stereocenters. The molecule has 0 saturated heterocycles. The SMILES string of the molecule is CCCCCCCCC(C(C)=O)C(=O)c1ccccc1C(=O)OC. The first-order valence-corrected chi connectivity index (χ1v) is 8.74. The lowest BCUT2D eigenvalue weighted by Gasteiger charge is -2.14. The fraction of sp³-hybridized carbons (Fsp3) is 0.550. The summed E-state index contributed by atoms with van der Waals surface area (Å²) in [4.78, 5) is 36.5. The number of carbonyl (C=O) groups is 3. The summed E-state index contributed by atoms with van der Waals surface area (Å²) in [6, 6.07) is 6.52. The molecule has 4 heteroatoms. The maximum absolute atomic E-state index is 12.8. The smallest absolute Gasteiger partial charge is 0.338 e. The Morgan fingerprint density at radius 3 is 2.12 bits per heavy atom. The lowest BCUT2D eigenvalue weighted by Crippen LogP contribution is -2.24. The van der Waals surface area contributed by atoms with Gasteiger partial charge in [-0.05, 0) is 19.4 Å². The molecule has 0 aliphatic heterocycles. The van der Waals surface area contributed by atoms with Crippen molar-refractivity contribution in [1.29, 1.82) is 0 Å². The van der Waals surface area contributed by atoms with E-state index in [0.29, 0.717) is 6.42 Å². The first kappa shape index (κ1) is 20.1. The average Bonchev–Trinajstić information content (AvgIpc) is 2.59. The van der Waals surface area contributed by atoms with Crippen molar-refractivity contribution in [1.82, 2.24) is 0 Å². The van der Waals surface area contributed by atoms with Gasteiger partial charge in [-0.25, -0.2) is 4.79 Å². The van der Waals surface area contributed by atoms with Crippen molar-refractivity contribution in [3.63, 3.8) is 0 Å². The van der Waals surface area contributed by atoms with Crippen LogP contribution in [0.1, 0.15) is 79.5 Å². The molecule has 1 rings (SSSR count). The van der Waals surface area contributed by atoms with Gasteiger partial charge in [-0.2, -0.15) is 0 Å². The van der Waals surface area contributed by atoms with E-state index < -0.39 is 11.9 Å². The van der Waals surface area contributed by atoms with Crippen molar-refractivity contribution >= 4 is 17.5 Å². The molecular formula is C20H28O4. The highest BCUT2D eigenvalue weighted by molar-refractivity contribution is 6.14. The summed E-state index contributed by atoms with van der Waals surface area (Å²) in [6.45, 7) is 3.61. The van der Waals surface area contributed by atoms with E-state index in [9.17, 15) is 14.4 Å². The van der Waals surface area contributed by atoms with Crippen LogP contribution in [0, 0.1) is 5.92 Å². The number of ether oxygens (including phenoxy) is 1. The highest BCUT2D eigenvalue weighted by Gasteiger charge is 2.27. The number of hydrogen-bond donors (Lipinski definition) is 0. The first-order chi connectivity index (χ1) is 11.5. The number of Topliss-reactive ketones (excluding diaryl/α,β-unsaturated/α-hetero) is 2. The number of unbranched alkanes of at least 4 members (excludes halogenated alkanes) is 5. The molecule has 24 heavy (non-hydrogen) atoms.